The SMILES string of the molecule is Cc1ccc2c3c([nH]c2c1)C(C(C)C)N(C(=O)[C@H]1CC[C@H](CN(C)C(=O)OC(C)(C)C)CC1)CC3. The van der Waals surface area contributed by atoms with Crippen LogP contribution in [0, 0.1) is 24.7 Å². The number of nitrogens with one attached hydrogen (secondary N) is 1. The molecule has 1 atom stereocenters. The second kappa shape index (κ2) is 9.87. The maximum atomic E-state index is 13.8. The maximum Gasteiger partial charge on any atom is 0.410 e. The number of hydrogen-bond acceptors (Lipinski definition) is 3. The van der Waals surface area contributed by atoms with E-state index >= 15 is 0 Å². The highest BCUT2D eigenvalue weighted by atomic mass is 16.6. The Bertz CT molecular complexity index is 1070. The first-order valence-corrected chi connectivity index (χ1v) is 13.3. The summed E-state index contributed by atoms with van der Waals surface area (Å²) < 4.78 is 5.49. The van der Waals surface area contributed by atoms with E-state index in [0.717, 1.165) is 38.6 Å². The number of ether oxygens (including phenoxy) is 1. The highest BCUT2D eigenvalue weighted by molar-refractivity contribution is 5.87. The van der Waals surface area contributed by atoms with Crippen LogP contribution in [-0.4, -0.2) is 52.5 Å². The molecular weight excluding hydrogens is 438 g/mol. The van der Waals surface area contributed by atoms with Crippen molar-refractivity contribution in [1.82, 2.24) is 14.8 Å². The largest absolute Gasteiger partial charge is 0.444 e. The molecule has 1 unspecified atom stereocenters. The van der Waals surface area contributed by atoms with E-state index in [9.17, 15) is 9.59 Å². The van der Waals surface area contributed by atoms with Gasteiger partial charge in [-0.2, -0.15) is 0 Å². The van der Waals surface area contributed by atoms with Gasteiger partial charge in [-0.3, -0.25) is 4.79 Å². The van der Waals surface area contributed by atoms with Crippen LogP contribution < -0.4 is 0 Å². The van der Waals surface area contributed by atoms with Gasteiger partial charge >= 0.3 is 6.09 Å². The lowest BCUT2D eigenvalue weighted by atomic mass is 9.80. The minimum Gasteiger partial charge on any atom is -0.444 e. The second-order valence-corrected chi connectivity index (χ2v) is 12.1. The lowest BCUT2D eigenvalue weighted by Gasteiger charge is -2.41. The van der Waals surface area contributed by atoms with Gasteiger partial charge < -0.3 is 19.5 Å². The van der Waals surface area contributed by atoms with Crippen molar-refractivity contribution in [3.8, 4) is 0 Å². The molecule has 6 nitrogen and oxygen atoms in total. The molecule has 1 aromatic heterocycles. The van der Waals surface area contributed by atoms with Gasteiger partial charge in [0.1, 0.15) is 5.60 Å². The summed E-state index contributed by atoms with van der Waals surface area (Å²) in [5.74, 6) is 1.14. The molecule has 35 heavy (non-hydrogen) atoms. The van der Waals surface area contributed by atoms with Crippen LogP contribution in [-0.2, 0) is 16.0 Å². The zero-order chi connectivity index (χ0) is 25.5. The van der Waals surface area contributed by atoms with Gasteiger partial charge in [-0.1, -0.05) is 26.0 Å². The monoisotopic (exact) mass is 481 g/mol. The first-order valence-electron chi connectivity index (χ1n) is 13.3. The predicted octanol–water partition coefficient (Wildman–Crippen LogP) is 6.23. The standard InChI is InChI=1S/C29H43N3O3/c1-18(2)26-25-23(22-13-8-19(3)16-24(22)30-25)14-15-32(26)27(33)21-11-9-20(10-12-21)17-31(7)28(34)35-29(4,5)6/h8,13,16,18,20-21,26,30H,9-12,14-15,17H2,1-7H3/t20-,21-,26?. The van der Waals surface area contributed by atoms with Crippen molar-refractivity contribution < 1.29 is 14.3 Å². The molecule has 0 saturated heterocycles. The zero-order valence-electron chi connectivity index (χ0n) is 22.6. The third-order valence-electron chi connectivity index (χ3n) is 7.68. The molecule has 1 N–H and O–H groups in total. The van der Waals surface area contributed by atoms with E-state index in [1.807, 2.05) is 27.8 Å². The summed E-state index contributed by atoms with van der Waals surface area (Å²) >= 11 is 0. The van der Waals surface area contributed by atoms with Gasteiger partial charge in [0.25, 0.3) is 0 Å². The molecule has 4 rings (SSSR count). The van der Waals surface area contributed by atoms with Crippen molar-refractivity contribution in [2.24, 2.45) is 17.8 Å². The summed E-state index contributed by atoms with van der Waals surface area (Å²) in [5, 5.41) is 1.30. The molecule has 2 heterocycles. The summed E-state index contributed by atoms with van der Waals surface area (Å²) in [6.45, 7) is 13.7. The molecule has 2 aliphatic rings. The van der Waals surface area contributed by atoms with E-state index in [-0.39, 0.29) is 18.1 Å². The minimum absolute atomic E-state index is 0.0764. The highest BCUT2D eigenvalue weighted by Crippen LogP contribution is 2.41. The van der Waals surface area contributed by atoms with Crippen LogP contribution in [0.4, 0.5) is 4.79 Å². The normalized spacial score (nSPS) is 22.9. The van der Waals surface area contributed by atoms with Gasteiger partial charge in [-0.15, -0.1) is 0 Å². The number of carbonyl (C=O) groups is 2. The van der Waals surface area contributed by atoms with Crippen LogP contribution in [0.25, 0.3) is 10.9 Å². The minimum atomic E-state index is -0.486. The summed E-state index contributed by atoms with van der Waals surface area (Å²) in [5.41, 5.74) is 4.56. The third kappa shape index (κ3) is 5.52. The van der Waals surface area contributed by atoms with E-state index in [2.05, 4.69) is 48.9 Å². The van der Waals surface area contributed by atoms with Crippen molar-refractivity contribution in [2.45, 2.75) is 85.3 Å². The fourth-order valence-corrected chi connectivity index (χ4v) is 6.01. The van der Waals surface area contributed by atoms with Crippen molar-refractivity contribution in [2.75, 3.05) is 20.1 Å². The summed E-state index contributed by atoms with van der Waals surface area (Å²) in [7, 11) is 1.81. The first-order chi connectivity index (χ1) is 16.4. The molecule has 0 spiro atoms. The van der Waals surface area contributed by atoms with Crippen molar-refractivity contribution in [3.63, 3.8) is 0 Å². The number of fused-ring (bicyclic) bond motifs is 3. The number of aromatic amines is 1. The topological polar surface area (TPSA) is 65.6 Å². The Morgan fingerprint density at radius 1 is 1.17 bits per heavy atom. The number of nitrogens with zero attached hydrogens (tertiary/aromatic N) is 2. The molecule has 2 amide bonds. The Labute approximate surface area is 210 Å². The van der Waals surface area contributed by atoms with Crippen molar-refractivity contribution in [1.29, 1.82) is 0 Å². The van der Waals surface area contributed by atoms with E-state index in [1.165, 1.54) is 27.7 Å². The molecule has 192 valence electrons. The molecule has 1 aliphatic carbocycles. The van der Waals surface area contributed by atoms with Crippen LogP contribution in [0.5, 0.6) is 0 Å². The zero-order valence-corrected chi connectivity index (χ0v) is 22.6. The van der Waals surface area contributed by atoms with E-state index in [1.54, 1.807) is 4.90 Å². The van der Waals surface area contributed by atoms with Gasteiger partial charge in [0, 0.05) is 42.7 Å². The number of amides is 2. The number of H-pyrrole nitrogens is 1. The van der Waals surface area contributed by atoms with E-state index in [0.29, 0.717) is 24.3 Å². The predicted molar refractivity (Wildman–Crippen MR) is 140 cm³/mol. The highest BCUT2D eigenvalue weighted by Gasteiger charge is 2.39. The molecule has 0 bridgehead atoms. The van der Waals surface area contributed by atoms with Crippen LogP contribution >= 0.6 is 0 Å². The van der Waals surface area contributed by atoms with Crippen LogP contribution in [0.15, 0.2) is 18.2 Å². The Balaban J connectivity index is 1.41. The quantitative estimate of drug-likeness (QED) is 0.563. The number of carbonyl (C=O) groups excluding carboxylic acids is 2. The molecule has 2 aromatic rings. The second-order valence-electron chi connectivity index (χ2n) is 12.1. The fraction of sp³-hybridized carbons (Fsp3) is 0.655. The van der Waals surface area contributed by atoms with E-state index in [4.69, 9.17) is 4.74 Å². The van der Waals surface area contributed by atoms with Gasteiger partial charge in [0.2, 0.25) is 5.91 Å². The average Bonchev–Trinajstić information content (AvgIpc) is 3.14. The Morgan fingerprint density at radius 3 is 2.49 bits per heavy atom. The number of benzene rings is 1. The Hall–Kier alpha value is -2.50. The van der Waals surface area contributed by atoms with Gasteiger partial charge in [0.15, 0.2) is 0 Å². The molecule has 1 fully saturated rings. The maximum absolute atomic E-state index is 13.8. The summed E-state index contributed by atoms with van der Waals surface area (Å²) in [4.78, 5) is 33.6. The molecule has 0 radical (unpaired) electrons. The molecule has 6 heteroatoms. The molecule has 1 aliphatic heterocycles. The first kappa shape index (κ1) is 25.6. The number of aryl methyl sites for hydroxylation is 1. The van der Waals surface area contributed by atoms with Gasteiger partial charge in [-0.25, -0.2) is 4.79 Å². The van der Waals surface area contributed by atoms with E-state index < -0.39 is 5.60 Å². The number of rotatable bonds is 4. The van der Waals surface area contributed by atoms with Crippen LogP contribution in [0.2, 0.25) is 0 Å². The summed E-state index contributed by atoms with van der Waals surface area (Å²) in [6, 6.07) is 6.71. The van der Waals surface area contributed by atoms with Gasteiger partial charge in [-0.05, 0) is 88.8 Å². The number of aromatic nitrogens is 1. The van der Waals surface area contributed by atoms with Gasteiger partial charge in [0.05, 0.1) is 6.04 Å². The molecule has 1 aromatic carbocycles. The fourth-order valence-electron chi connectivity index (χ4n) is 6.01. The van der Waals surface area contributed by atoms with Crippen molar-refractivity contribution in [3.05, 3.63) is 35.0 Å². The third-order valence-corrected chi connectivity index (χ3v) is 7.68. The molecule has 1 saturated carbocycles. The molecular formula is C29H43N3O3. The lowest BCUT2D eigenvalue weighted by molar-refractivity contribution is -0.141. The van der Waals surface area contributed by atoms with Crippen LogP contribution in [0.3, 0.4) is 0 Å². The average molecular weight is 482 g/mol. The summed E-state index contributed by atoms with van der Waals surface area (Å²) in [6.07, 6.45) is 4.37. The lowest BCUT2D eigenvalue weighted by Crippen LogP contribution is -2.46. The Morgan fingerprint density at radius 2 is 1.86 bits per heavy atom. The Kier molecular flexibility index (Phi) is 7.21. The van der Waals surface area contributed by atoms with Crippen molar-refractivity contribution >= 4 is 22.9 Å². The number of hydrogen-bond donors (Lipinski definition) is 1. The van der Waals surface area contributed by atoms with Crippen LogP contribution in [0.1, 0.15) is 83.2 Å². The smallest absolute Gasteiger partial charge is 0.410 e.